The second kappa shape index (κ2) is 8.30. The monoisotopic (exact) mass is 433 g/mol. The molecule has 0 spiro atoms. The summed E-state index contributed by atoms with van der Waals surface area (Å²) in [6.45, 7) is 4.16. The SMILES string of the molecule is CC(=O)N1c2ccc(S(=O)(=O)N3CCC[C@H](C(=O)NC4CCCC4)C3)cc2C[C@@H]1C. The zero-order chi connectivity index (χ0) is 21.5. The lowest BCUT2D eigenvalue weighted by Crippen LogP contribution is -2.47. The van der Waals surface area contributed by atoms with Gasteiger partial charge in [0.2, 0.25) is 21.8 Å². The van der Waals surface area contributed by atoms with Gasteiger partial charge in [0, 0.05) is 37.8 Å². The summed E-state index contributed by atoms with van der Waals surface area (Å²) in [4.78, 5) is 26.6. The molecule has 1 saturated carbocycles. The van der Waals surface area contributed by atoms with Crippen LogP contribution in [0.15, 0.2) is 23.1 Å². The van der Waals surface area contributed by atoms with Gasteiger partial charge in [0.05, 0.1) is 10.8 Å². The van der Waals surface area contributed by atoms with Crippen molar-refractivity contribution < 1.29 is 18.0 Å². The first-order valence-electron chi connectivity index (χ1n) is 11.0. The number of carbonyl (C=O) groups excluding carboxylic acids is 2. The average molecular weight is 434 g/mol. The molecule has 2 fully saturated rings. The van der Waals surface area contributed by atoms with Crippen molar-refractivity contribution in [2.45, 2.75) is 75.8 Å². The number of hydrogen-bond acceptors (Lipinski definition) is 4. The maximum absolute atomic E-state index is 13.3. The van der Waals surface area contributed by atoms with Gasteiger partial charge >= 0.3 is 0 Å². The van der Waals surface area contributed by atoms with E-state index in [1.165, 1.54) is 11.2 Å². The molecular weight excluding hydrogens is 402 g/mol. The molecule has 30 heavy (non-hydrogen) atoms. The first kappa shape index (κ1) is 21.3. The van der Waals surface area contributed by atoms with E-state index in [1.54, 1.807) is 23.1 Å². The third-order valence-electron chi connectivity index (χ3n) is 6.70. The number of anilines is 1. The number of nitrogens with one attached hydrogen (secondary N) is 1. The van der Waals surface area contributed by atoms with Crippen LogP contribution in [0.4, 0.5) is 5.69 Å². The molecular formula is C22H31N3O4S. The molecule has 2 amide bonds. The third-order valence-corrected chi connectivity index (χ3v) is 8.56. The highest BCUT2D eigenvalue weighted by atomic mass is 32.2. The van der Waals surface area contributed by atoms with Crippen molar-refractivity contribution in [3.8, 4) is 0 Å². The molecule has 1 aromatic rings. The van der Waals surface area contributed by atoms with Crippen LogP contribution in [0.3, 0.4) is 0 Å². The van der Waals surface area contributed by atoms with Gasteiger partial charge in [0.15, 0.2) is 0 Å². The van der Waals surface area contributed by atoms with E-state index in [4.69, 9.17) is 0 Å². The second-order valence-corrected chi connectivity index (χ2v) is 10.9. The lowest BCUT2D eigenvalue weighted by atomic mass is 9.98. The fourth-order valence-electron chi connectivity index (χ4n) is 5.16. The number of piperidine rings is 1. The van der Waals surface area contributed by atoms with E-state index in [-0.39, 0.29) is 41.3 Å². The number of hydrogen-bond donors (Lipinski definition) is 1. The molecule has 2 heterocycles. The fraction of sp³-hybridized carbons (Fsp3) is 0.636. The van der Waals surface area contributed by atoms with Gasteiger partial charge in [-0.05, 0) is 62.8 Å². The van der Waals surface area contributed by atoms with E-state index in [9.17, 15) is 18.0 Å². The van der Waals surface area contributed by atoms with Crippen LogP contribution >= 0.6 is 0 Å². The first-order valence-corrected chi connectivity index (χ1v) is 12.4. The average Bonchev–Trinajstić information content (AvgIpc) is 3.33. The quantitative estimate of drug-likeness (QED) is 0.790. The van der Waals surface area contributed by atoms with Crippen LogP contribution in [0.25, 0.3) is 0 Å². The van der Waals surface area contributed by atoms with Gasteiger partial charge in [-0.15, -0.1) is 0 Å². The lowest BCUT2D eigenvalue weighted by Gasteiger charge is -2.32. The lowest BCUT2D eigenvalue weighted by molar-refractivity contribution is -0.126. The van der Waals surface area contributed by atoms with Crippen molar-refractivity contribution in [1.29, 1.82) is 0 Å². The Hall–Kier alpha value is -1.93. The molecule has 3 aliphatic rings. The summed E-state index contributed by atoms with van der Waals surface area (Å²) >= 11 is 0. The van der Waals surface area contributed by atoms with Gasteiger partial charge in [0.1, 0.15) is 0 Å². The van der Waals surface area contributed by atoms with E-state index < -0.39 is 10.0 Å². The number of fused-ring (bicyclic) bond motifs is 1. The van der Waals surface area contributed by atoms with E-state index in [2.05, 4.69) is 5.32 Å². The van der Waals surface area contributed by atoms with Gasteiger partial charge in [0.25, 0.3) is 0 Å². The van der Waals surface area contributed by atoms with Crippen LogP contribution in [-0.4, -0.2) is 49.7 Å². The molecule has 7 nitrogen and oxygen atoms in total. The Balaban J connectivity index is 1.50. The van der Waals surface area contributed by atoms with Crippen molar-refractivity contribution in [2.24, 2.45) is 5.92 Å². The molecule has 164 valence electrons. The number of sulfonamides is 1. The molecule has 0 radical (unpaired) electrons. The Labute approximate surface area is 178 Å². The van der Waals surface area contributed by atoms with E-state index >= 15 is 0 Å². The van der Waals surface area contributed by atoms with Gasteiger partial charge < -0.3 is 10.2 Å². The largest absolute Gasteiger partial charge is 0.353 e. The van der Waals surface area contributed by atoms with Crippen molar-refractivity contribution in [2.75, 3.05) is 18.0 Å². The zero-order valence-electron chi connectivity index (χ0n) is 17.8. The molecule has 0 aromatic heterocycles. The van der Waals surface area contributed by atoms with Crippen LogP contribution in [0, 0.1) is 5.92 Å². The Morgan fingerprint density at radius 2 is 1.83 bits per heavy atom. The van der Waals surface area contributed by atoms with Crippen LogP contribution < -0.4 is 10.2 Å². The van der Waals surface area contributed by atoms with Crippen molar-refractivity contribution in [3.63, 3.8) is 0 Å². The molecule has 4 rings (SSSR count). The van der Waals surface area contributed by atoms with Crippen molar-refractivity contribution in [1.82, 2.24) is 9.62 Å². The van der Waals surface area contributed by atoms with Crippen LogP contribution in [0.2, 0.25) is 0 Å². The highest BCUT2D eigenvalue weighted by Gasteiger charge is 2.36. The minimum atomic E-state index is -3.68. The first-order chi connectivity index (χ1) is 14.3. The van der Waals surface area contributed by atoms with Crippen molar-refractivity contribution in [3.05, 3.63) is 23.8 Å². The van der Waals surface area contributed by atoms with Gasteiger partial charge in [-0.3, -0.25) is 9.59 Å². The minimum absolute atomic E-state index is 0.0123. The summed E-state index contributed by atoms with van der Waals surface area (Å²) in [7, 11) is -3.68. The predicted molar refractivity (Wildman–Crippen MR) is 115 cm³/mol. The van der Waals surface area contributed by atoms with Crippen LogP contribution in [0.5, 0.6) is 0 Å². The maximum Gasteiger partial charge on any atom is 0.243 e. The number of benzene rings is 1. The van der Waals surface area contributed by atoms with Gasteiger partial charge in [-0.1, -0.05) is 12.8 Å². The molecule has 0 unspecified atom stereocenters. The zero-order valence-corrected chi connectivity index (χ0v) is 18.6. The fourth-order valence-corrected chi connectivity index (χ4v) is 6.74. The highest BCUT2D eigenvalue weighted by Crippen LogP contribution is 2.35. The molecule has 1 aromatic carbocycles. The topological polar surface area (TPSA) is 86.8 Å². The van der Waals surface area contributed by atoms with Crippen LogP contribution in [-0.2, 0) is 26.0 Å². The summed E-state index contributed by atoms with van der Waals surface area (Å²) in [5.74, 6) is -0.345. The number of carbonyl (C=O) groups is 2. The molecule has 1 aliphatic carbocycles. The van der Waals surface area contributed by atoms with Crippen molar-refractivity contribution >= 4 is 27.5 Å². The number of rotatable bonds is 4. The number of nitrogens with zero attached hydrogens (tertiary/aromatic N) is 2. The molecule has 1 N–H and O–H groups in total. The van der Waals surface area contributed by atoms with Crippen LogP contribution in [0.1, 0.15) is 57.9 Å². The Morgan fingerprint density at radius 1 is 1.10 bits per heavy atom. The molecule has 2 atom stereocenters. The standard InChI is InChI=1S/C22H31N3O4S/c1-15-12-18-13-20(9-10-21(18)25(15)16(2)26)30(28,29)24-11-5-6-17(14-24)22(27)23-19-7-3-4-8-19/h9-10,13,15,17,19H,3-8,11-12,14H2,1-2H3,(H,23,27)/t15-,17-/m0/s1. The maximum atomic E-state index is 13.3. The Morgan fingerprint density at radius 3 is 2.53 bits per heavy atom. The van der Waals surface area contributed by atoms with E-state index in [0.29, 0.717) is 19.4 Å². The molecule has 8 heteroatoms. The summed E-state index contributed by atoms with van der Waals surface area (Å²) in [5.41, 5.74) is 1.67. The summed E-state index contributed by atoms with van der Waals surface area (Å²) < 4.78 is 28.1. The second-order valence-electron chi connectivity index (χ2n) is 8.92. The molecule has 1 saturated heterocycles. The van der Waals surface area contributed by atoms with E-state index in [0.717, 1.165) is 43.4 Å². The minimum Gasteiger partial charge on any atom is -0.353 e. The summed E-state index contributed by atoms with van der Waals surface area (Å²) in [6, 6.07) is 5.29. The predicted octanol–water partition coefficient (Wildman–Crippen LogP) is 2.44. The summed E-state index contributed by atoms with van der Waals surface area (Å²) in [6.07, 6.45) is 6.38. The third kappa shape index (κ3) is 3.99. The smallest absolute Gasteiger partial charge is 0.243 e. The summed E-state index contributed by atoms with van der Waals surface area (Å²) in [5, 5.41) is 3.12. The highest BCUT2D eigenvalue weighted by molar-refractivity contribution is 7.89. The van der Waals surface area contributed by atoms with Gasteiger partial charge in [-0.2, -0.15) is 4.31 Å². The normalized spacial score (nSPS) is 25.3. The molecule has 0 bridgehead atoms. The van der Waals surface area contributed by atoms with Gasteiger partial charge in [-0.25, -0.2) is 8.42 Å². The number of amides is 2. The molecule has 2 aliphatic heterocycles. The Kier molecular flexibility index (Phi) is 5.90. The van der Waals surface area contributed by atoms with E-state index in [1.807, 2.05) is 6.92 Å². The Bertz CT molecular complexity index is 940.